The molecule has 0 radical (unpaired) electrons. The standard InChI is InChI=1S/C20H22N4O3/c1-12(13-7-8-13)22-17-10-9-14(11-21-17)20-23-19(24-27-20)15-5-4-6-16(25-2)18(15)26-3/h4-6,9-13H,7-8H2,1-3H3,(H,21,22). The van der Waals surface area contributed by atoms with Gasteiger partial charge in [0.25, 0.3) is 5.89 Å². The van der Waals surface area contributed by atoms with Gasteiger partial charge in [-0.05, 0) is 49.9 Å². The lowest BCUT2D eigenvalue weighted by Crippen LogP contribution is -2.17. The number of nitrogens with one attached hydrogen (secondary N) is 1. The molecule has 1 N–H and O–H groups in total. The van der Waals surface area contributed by atoms with E-state index >= 15 is 0 Å². The largest absolute Gasteiger partial charge is 0.493 e. The number of para-hydroxylation sites is 1. The van der Waals surface area contributed by atoms with Crippen LogP contribution in [0.15, 0.2) is 41.1 Å². The van der Waals surface area contributed by atoms with E-state index in [0.29, 0.717) is 34.8 Å². The molecular weight excluding hydrogens is 344 g/mol. The third-order valence-corrected chi connectivity index (χ3v) is 4.78. The van der Waals surface area contributed by atoms with Gasteiger partial charge in [0.05, 0.1) is 25.3 Å². The lowest BCUT2D eigenvalue weighted by atomic mass is 10.1. The van der Waals surface area contributed by atoms with E-state index in [4.69, 9.17) is 14.0 Å². The molecule has 0 bridgehead atoms. The van der Waals surface area contributed by atoms with Crippen LogP contribution < -0.4 is 14.8 Å². The molecule has 0 spiro atoms. The highest BCUT2D eigenvalue weighted by atomic mass is 16.5. The Morgan fingerprint density at radius 2 is 2.00 bits per heavy atom. The summed E-state index contributed by atoms with van der Waals surface area (Å²) in [6.45, 7) is 2.19. The summed E-state index contributed by atoms with van der Waals surface area (Å²) in [6.07, 6.45) is 4.33. The molecule has 0 aliphatic heterocycles. The molecule has 1 aliphatic rings. The average Bonchev–Trinajstić information content (AvgIpc) is 3.45. The van der Waals surface area contributed by atoms with Gasteiger partial charge in [0.1, 0.15) is 5.82 Å². The van der Waals surface area contributed by atoms with Crippen molar-refractivity contribution in [2.24, 2.45) is 5.92 Å². The normalized spacial score (nSPS) is 14.6. The Hall–Kier alpha value is -3.09. The summed E-state index contributed by atoms with van der Waals surface area (Å²) in [7, 11) is 3.18. The topological polar surface area (TPSA) is 82.3 Å². The molecule has 2 aromatic heterocycles. The van der Waals surface area contributed by atoms with Crippen LogP contribution in [0.2, 0.25) is 0 Å². The Labute approximate surface area is 157 Å². The molecule has 3 aromatic rings. The lowest BCUT2D eigenvalue weighted by molar-refractivity contribution is 0.355. The zero-order chi connectivity index (χ0) is 18.8. The fraction of sp³-hybridized carbons (Fsp3) is 0.350. The van der Waals surface area contributed by atoms with Gasteiger partial charge in [0.2, 0.25) is 5.82 Å². The Bertz CT molecular complexity index is 919. The zero-order valence-corrected chi connectivity index (χ0v) is 15.6. The highest BCUT2D eigenvalue weighted by Crippen LogP contribution is 2.37. The Kier molecular flexibility index (Phi) is 4.66. The first-order valence-electron chi connectivity index (χ1n) is 8.97. The van der Waals surface area contributed by atoms with E-state index in [1.807, 2.05) is 30.3 Å². The van der Waals surface area contributed by atoms with E-state index < -0.39 is 0 Å². The molecule has 1 saturated carbocycles. The van der Waals surface area contributed by atoms with Gasteiger partial charge in [-0.15, -0.1) is 0 Å². The number of benzene rings is 1. The van der Waals surface area contributed by atoms with Crippen molar-refractivity contribution < 1.29 is 14.0 Å². The molecule has 27 heavy (non-hydrogen) atoms. The maximum Gasteiger partial charge on any atom is 0.259 e. The van der Waals surface area contributed by atoms with Gasteiger partial charge < -0.3 is 19.3 Å². The Morgan fingerprint density at radius 3 is 2.67 bits per heavy atom. The number of pyridine rings is 1. The number of rotatable bonds is 7. The Balaban J connectivity index is 1.56. The molecule has 2 heterocycles. The van der Waals surface area contributed by atoms with E-state index in [-0.39, 0.29) is 0 Å². The molecule has 1 atom stereocenters. The fourth-order valence-electron chi connectivity index (χ4n) is 3.07. The van der Waals surface area contributed by atoms with Crippen LogP contribution >= 0.6 is 0 Å². The highest BCUT2D eigenvalue weighted by molar-refractivity contribution is 5.69. The summed E-state index contributed by atoms with van der Waals surface area (Å²) < 4.78 is 16.2. The van der Waals surface area contributed by atoms with Crippen LogP contribution in [0.1, 0.15) is 19.8 Å². The number of aromatic nitrogens is 3. The summed E-state index contributed by atoms with van der Waals surface area (Å²) in [4.78, 5) is 8.95. The molecule has 7 heteroatoms. The van der Waals surface area contributed by atoms with Crippen molar-refractivity contribution in [3.8, 4) is 34.3 Å². The first kappa shape index (κ1) is 17.3. The van der Waals surface area contributed by atoms with E-state index in [0.717, 1.165) is 17.3 Å². The zero-order valence-electron chi connectivity index (χ0n) is 15.6. The number of hydrogen-bond donors (Lipinski definition) is 1. The number of methoxy groups -OCH3 is 2. The fourth-order valence-corrected chi connectivity index (χ4v) is 3.07. The molecule has 1 aliphatic carbocycles. The predicted octanol–water partition coefficient (Wildman–Crippen LogP) is 4.03. The van der Waals surface area contributed by atoms with Crippen molar-refractivity contribution in [1.29, 1.82) is 0 Å². The first-order chi connectivity index (χ1) is 13.2. The summed E-state index contributed by atoms with van der Waals surface area (Å²) >= 11 is 0. The van der Waals surface area contributed by atoms with E-state index in [1.165, 1.54) is 12.8 Å². The van der Waals surface area contributed by atoms with Crippen molar-refractivity contribution in [2.45, 2.75) is 25.8 Å². The van der Waals surface area contributed by atoms with Crippen LogP contribution in [0.5, 0.6) is 11.5 Å². The molecule has 1 aromatic carbocycles. The van der Waals surface area contributed by atoms with Crippen molar-refractivity contribution >= 4 is 5.82 Å². The summed E-state index contributed by atoms with van der Waals surface area (Å²) in [6, 6.07) is 9.84. The van der Waals surface area contributed by atoms with Crippen LogP contribution in [0, 0.1) is 5.92 Å². The first-order valence-corrected chi connectivity index (χ1v) is 8.97. The smallest absolute Gasteiger partial charge is 0.259 e. The summed E-state index contributed by atoms with van der Waals surface area (Å²) in [5.41, 5.74) is 1.47. The van der Waals surface area contributed by atoms with Gasteiger partial charge >= 0.3 is 0 Å². The van der Waals surface area contributed by atoms with E-state index in [2.05, 4.69) is 27.4 Å². The van der Waals surface area contributed by atoms with Gasteiger partial charge in [-0.3, -0.25) is 0 Å². The van der Waals surface area contributed by atoms with Gasteiger partial charge in [-0.1, -0.05) is 11.2 Å². The summed E-state index contributed by atoms with van der Waals surface area (Å²) in [5, 5.41) is 7.52. The van der Waals surface area contributed by atoms with Crippen LogP contribution in [-0.2, 0) is 0 Å². The number of anilines is 1. The number of nitrogens with zero attached hydrogens (tertiary/aromatic N) is 3. The van der Waals surface area contributed by atoms with Crippen molar-refractivity contribution in [2.75, 3.05) is 19.5 Å². The van der Waals surface area contributed by atoms with Crippen molar-refractivity contribution in [3.05, 3.63) is 36.5 Å². The van der Waals surface area contributed by atoms with Crippen LogP contribution in [0.25, 0.3) is 22.8 Å². The maximum atomic E-state index is 5.45. The molecule has 0 amide bonds. The predicted molar refractivity (Wildman–Crippen MR) is 102 cm³/mol. The third-order valence-electron chi connectivity index (χ3n) is 4.78. The maximum absolute atomic E-state index is 5.45. The molecule has 140 valence electrons. The second-order valence-corrected chi connectivity index (χ2v) is 6.67. The van der Waals surface area contributed by atoms with Crippen molar-refractivity contribution in [3.63, 3.8) is 0 Å². The average molecular weight is 366 g/mol. The van der Waals surface area contributed by atoms with Crippen LogP contribution in [0.4, 0.5) is 5.82 Å². The number of hydrogen-bond acceptors (Lipinski definition) is 7. The van der Waals surface area contributed by atoms with E-state index in [9.17, 15) is 0 Å². The Morgan fingerprint density at radius 1 is 1.15 bits per heavy atom. The lowest BCUT2D eigenvalue weighted by Gasteiger charge is -2.13. The SMILES string of the molecule is COc1cccc(-c2noc(-c3ccc(NC(C)C4CC4)nc3)n2)c1OC. The molecular formula is C20H22N4O3. The highest BCUT2D eigenvalue weighted by Gasteiger charge is 2.28. The minimum absolute atomic E-state index is 0.407. The molecule has 1 fully saturated rings. The minimum atomic E-state index is 0.407. The van der Waals surface area contributed by atoms with Crippen molar-refractivity contribution in [1.82, 2.24) is 15.1 Å². The second kappa shape index (κ2) is 7.26. The van der Waals surface area contributed by atoms with Gasteiger partial charge in [-0.25, -0.2) is 4.98 Å². The molecule has 0 saturated heterocycles. The van der Waals surface area contributed by atoms with E-state index in [1.54, 1.807) is 20.4 Å². The quantitative estimate of drug-likeness (QED) is 0.676. The molecule has 1 unspecified atom stereocenters. The van der Waals surface area contributed by atoms with Gasteiger partial charge in [0, 0.05) is 12.2 Å². The second-order valence-electron chi connectivity index (χ2n) is 6.67. The van der Waals surface area contributed by atoms with Gasteiger partial charge in [0.15, 0.2) is 11.5 Å². The van der Waals surface area contributed by atoms with Gasteiger partial charge in [-0.2, -0.15) is 4.98 Å². The van der Waals surface area contributed by atoms with Crippen LogP contribution in [-0.4, -0.2) is 35.4 Å². The molecule has 7 nitrogen and oxygen atoms in total. The van der Waals surface area contributed by atoms with Crippen LogP contribution in [0.3, 0.4) is 0 Å². The number of ether oxygens (including phenoxy) is 2. The molecule has 4 rings (SSSR count). The third kappa shape index (κ3) is 3.58. The summed E-state index contributed by atoms with van der Waals surface area (Å²) in [5.74, 6) is 3.65. The monoisotopic (exact) mass is 366 g/mol. The minimum Gasteiger partial charge on any atom is -0.493 e.